The summed E-state index contributed by atoms with van der Waals surface area (Å²) >= 11 is 0. The molecule has 0 saturated heterocycles. The maximum Gasteiger partial charge on any atom is 0.225 e. The molecule has 1 saturated carbocycles. The van der Waals surface area contributed by atoms with Crippen LogP contribution < -0.4 is 14.8 Å². The van der Waals surface area contributed by atoms with Crippen molar-refractivity contribution in [2.75, 3.05) is 11.9 Å². The van der Waals surface area contributed by atoms with Crippen molar-refractivity contribution < 1.29 is 14.3 Å². The number of hydrogen-bond donors (Lipinski definition) is 1. The number of fused-ring (bicyclic) bond motifs is 4. The van der Waals surface area contributed by atoms with Crippen LogP contribution >= 0.6 is 0 Å². The first-order chi connectivity index (χ1) is 12.7. The number of hydrogen-bond acceptors (Lipinski definition) is 5. The molecule has 1 aliphatic carbocycles. The van der Waals surface area contributed by atoms with Crippen LogP contribution in [0.3, 0.4) is 0 Å². The van der Waals surface area contributed by atoms with E-state index in [1.807, 2.05) is 24.3 Å². The zero-order valence-corrected chi connectivity index (χ0v) is 13.8. The number of carbonyl (C=O) groups is 1. The third-order valence-corrected chi connectivity index (χ3v) is 5.16. The minimum atomic E-state index is -0.0253. The highest BCUT2D eigenvalue weighted by atomic mass is 16.5. The molecule has 130 valence electrons. The molecule has 1 aromatic carbocycles. The fourth-order valence-electron chi connectivity index (χ4n) is 3.84. The van der Waals surface area contributed by atoms with Gasteiger partial charge in [0.2, 0.25) is 5.91 Å². The van der Waals surface area contributed by atoms with Gasteiger partial charge in [-0.15, -0.1) is 0 Å². The van der Waals surface area contributed by atoms with E-state index in [1.165, 1.54) is 0 Å². The molecular weight excluding hydrogens is 334 g/mol. The largest absolute Gasteiger partial charge is 0.489 e. The molecule has 1 N–H and O–H groups in total. The molecule has 1 aromatic heterocycles. The summed E-state index contributed by atoms with van der Waals surface area (Å²) in [5.41, 5.74) is 10.5. The van der Waals surface area contributed by atoms with E-state index in [4.69, 9.17) is 15.0 Å². The van der Waals surface area contributed by atoms with Gasteiger partial charge in [0.25, 0.3) is 0 Å². The number of azide groups is 1. The standard InChI is InChI=1S/C18H15N5O3/c19-23-21-8-12-16-11-7-9(1-3-13(11)26-17(12)16)25-14-5-6-20-18-10(14)2-4-15(24)22-18/h1,3,5-7,12,16-17H,2,4,8H2,(H,20,22,24)/t12-,16-,17+/m0/s1. The first-order valence-electron chi connectivity index (χ1n) is 8.51. The van der Waals surface area contributed by atoms with E-state index in [2.05, 4.69) is 20.3 Å². The van der Waals surface area contributed by atoms with Crippen LogP contribution in [0.4, 0.5) is 5.82 Å². The van der Waals surface area contributed by atoms with Crippen molar-refractivity contribution in [3.8, 4) is 17.2 Å². The number of benzene rings is 1. The van der Waals surface area contributed by atoms with Crippen molar-refractivity contribution in [1.82, 2.24) is 4.98 Å². The van der Waals surface area contributed by atoms with E-state index >= 15 is 0 Å². The maximum atomic E-state index is 11.5. The Morgan fingerprint density at radius 2 is 2.31 bits per heavy atom. The van der Waals surface area contributed by atoms with Crippen LogP contribution in [0.25, 0.3) is 10.4 Å². The highest BCUT2D eigenvalue weighted by Gasteiger charge is 2.58. The number of carbonyl (C=O) groups excluding carboxylic acids is 1. The number of ether oxygens (including phenoxy) is 2. The zero-order valence-electron chi connectivity index (χ0n) is 13.8. The molecule has 2 aromatic rings. The molecule has 3 atom stereocenters. The zero-order chi connectivity index (χ0) is 17.7. The Labute approximate surface area is 148 Å². The van der Waals surface area contributed by atoms with Gasteiger partial charge in [0.05, 0.1) is 0 Å². The highest BCUT2D eigenvalue weighted by Crippen LogP contribution is 2.59. The Balaban J connectivity index is 1.40. The van der Waals surface area contributed by atoms with Crippen LogP contribution in [0.2, 0.25) is 0 Å². The smallest absolute Gasteiger partial charge is 0.225 e. The lowest BCUT2D eigenvalue weighted by Crippen LogP contribution is -2.20. The molecule has 0 unspecified atom stereocenters. The summed E-state index contributed by atoms with van der Waals surface area (Å²) in [6, 6.07) is 7.59. The van der Waals surface area contributed by atoms with Gasteiger partial charge in [-0.25, -0.2) is 4.98 Å². The third-order valence-electron chi connectivity index (χ3n) is 5.16. The van der Waals surface area contributed by atoms with Gasteiger partial charge in [0, 0.05) is 47.0 Å². The summed E-state index contributed by atoms with van der Waals surface area (Å²) in [6.45, 7) is 0.452. The second-order valence-corrected chi connectivity index (χ2v) is 6.67. The van der Waals surface area contributed by atoms with E-state index in [9.17, 15) is 4.79 Å². The summed E-state index contributed by atoms with van der Waals surface area (Å²) in [7, 11) is 0. The molecule has 3 aliphatic rings. The van der Waals surface area contributed by atoms with Gasteiger partial charge in [-0.1, -0.05) is 5.11 Å². The van der Waals surface area contributed by atoms with Gasteiger partial charge in [-0.05, 0) is 36.2 Å². The maximum absolute atomic E-state index is 11.5. The first-order valence-corrected chi connectivity index (χ1v) is 8.51. The van der Waals surface area contributed by atoms with E-state index < -0.39 is 0 Å². The second-order valence-electron chi connectivity index (χ2n) is 6.67. The second kappa shape index (κ2) is 5.64. The molecule has 5 rings (SSSR count). The lowest BCUT2D eigenvalue weighted by molar-refractivity contribution is -0.116. The average Bonchev–Trinajstić information content (AvgIpc) is 3.19. The average molecular weight is 349 g/mol. The van der Waals surface area contributed by atoms with Gasteiger partial charge < -0.3 is 14.8 Å². The van der Waals surface area contributed by atoms with Crippen LogP contribution in [0, 0.1) is 5.92 Å². The summed E-state index contributed by atoms with van der Waals surface area (Å²) in [6.07, 6.45) is 2.77. The minimum Gasteiger partial charge on any atom is -0.489 e. The predicted octanol–water partition coefficient (Wildman–Crippen LogP) is 3.54. The Morgan fingerprint density at radius 1 is 1.38 bits per heavy atom. The van der Waals surface area contributed by atoms with Crippen molar-refractivity contribution >= 4 is 11.7 Å². The summed E-state index contributed by atoms with van der Waals surface area (Å²) in [4.78, 5) is 18.6. The predicted molar refractivity (Wildman–Crippen MR) is 92.4 cm³/mol. The number of nitrogens with zero attached hydrogens (tertiary/aromatic N) is 4. The molecule has 1 fully saturated rings. The van der Waals surface area contributed by atoms with E-state index in [-0.39, 0.29) is 23.8 Å². The van der Waals surface area contributed by atoms with E-state index in [0.717, 1.165) is 16.9 Å². The van der Waals surface area contributed by atoms with Crippen LogP contribution in [0.1, 0.15) is 23.5 Å². The fraction of sp³-hybridized carbons (Fsp3) is 0.333. The third kappa shape index (κ3) is 2.34. The number of pyridine rings is 1. The Morgan fingerprint density at radius 3 is 3.19 bits per heavy atom. The monoisotopic (exact) mass is 349 g/mol. The fourth-order valence-corrected chi connectivity index (χ4v) is 3.84. The van der Waals surface area contributed by atoms with Crippen LogP contribution in [-0.2, 0) is 11.2 Å². The number of aromatic nitrogens is 1. The highest BCUT2D eigenvalue weighted by molar-refractivity contribution is 5.93. The summed E-state index contributed by atoms with van der Waals surface area (Å²) in [5, 5.41) is 6.44. The number of nitrogens with one attached hydrogen (secondary N) is 1. The molecule has 1 amide bonds. The Bertz CT molecular complexity index is 969. The summed E-state index contributed by atoms with van der Waals surface area (Å²) < 4.78 is 12.0. The number of amides is 1. The lowest BCUT2D eigenvalue weighted by Gasteiger charge is -2.19. The molecule has 0 radical (unpaired) electrons. The van der Waals surface area contributed by atoms with E-state index in [0.29, 0.717) is 36.7 Å². The minimum absolute atomic E-state index is 0.0253. The van der Waals surface area contributed by atoms with Crippen LogP contribution in [0.15, 0.2) is 35.6 Å². The molecule has 8 heteroatoms. The van der Waals surface area contributed by atoms with Crippen molar-refractivity contribution in [1.29, 1.82) is 0 Å². The van der Waals surface area contributed by atoms with Crippen molar-refractivity contribution in [2.24, 2.45) is 11.0 Å². The van der Waals surface area contributed by atoms with Gasteiger partial charge in [0.15, 0.2) is 0 Å². The van der Waals surface area contributed by atoms with Gasteiger partial charge >= 0.3 is 0 Å². The normalized spacial score (nSPS) is 24.3. The molecule has 8 nitrogen and oxygen atoms in total. The Hall–Kier alpha value is -3.25. The molecule has 0 spiro atoms. The SMILES string of the molecule is [N-]=[N+]=NC[C@@H]1[C@H]2Oc3ccc(Oc4ccnc5c4CCC(=O)N5)cc3[C@@H]12. The van der Waals surface area contributed by atoms with Crippen molar-refractivity contribution in [3.05, 3.63) is 52.0 Å². The lowest BCUT2D eigenvalue weighted by atomic mass is 10.1. The van der Waals surface area contributed by atoms with E-state index in [1.54, 1.807) is 6.20 Å². The van der Waals surface area contributed by atoms with Crippen molar-refractivity contribution in [3.63, 3.8) is 0 Å². The number of anilines is 1. The summed E-state index contributed by atoms with van der Waals surface area (Å²) in [5.74, 6) is 3.35. The molecule has 0 bridgehead atoms. The Kier molecular flexibility index (Phi) is 3.26. The van der Waals surface area contributed by atoms with Gasteiger partial charge in [0.1, 0.15) is 29.2 Å². The molecule has 2 aliphatic heterocycles. The molecular formula is C18H15N5O3. The van der Waals surface area contributed by atoms with Crippen LogP contribution in [-0.4, -0.2) is 23.5 Å². The van der Waals surface area contributed by atoms with Crippen LogP contribution in [0.5, 0.6) is 17.2 Å². The van der Waals surface area contributed by atoms with Crippen molar-refractivity contribution in [2.45, 2.75) is 24.9 Å². The van der Waals surface area contributed by atoms with Gasteiger partial charge in [-0.2, -0.15) is 0 Å². The van der Waals surface area contributed by atoms with Gasteiger partial charge in [-0.3, -0.25) is 4.79 Å². The molecule has 3 heterocycles. The topological polar surface area (TPSA) is 109 Å². The first kappa shape index (κ1) is 15.0. The molecule has 26 heavy (non-hydrogen) atoms. The quantitative estimate of drug-likeness (QED) is 0.517. The number of rotatable bonds is 4.